The summed E-state index contributed by atoms with van der Waals surface area (Å²) < 4.78 is 15.4. The highest BCUT2D eigenvalue weighted by atomic mass is 35.5. The van der Waals surface area contributed by atoms with E-state index >= 15 is 0 Å². The van der Waals surface area contributed by atoms with E-state index in [0.717, 1.165) is 22.6 Å². The monoisotopic (exact) mass is 404 g/mol. The minimum atomic E-state index is -0.576. The maximum absolute atomic E-state index is 13.5. The minimum Gasteiger partial charge on any atom is -0.325 e. The van der Waals surface area contributed by atoms with Gasteiger partial charge < -0.3 is 5.32 Å². The highest BCUT2D eigenvalue weighted by Gasteiger charge is 2.15. The van der Waals surface area contributed by atoms with Crippen LogP contribution in [-0.2, 0) is 4.79 Å². The molecule has 0 bridgehead atoms. The zero-order valence-corrected chi connectivity index (χ0v) is 16.7. The highest BCUT2D eigenvalue weighted by Crippen LogP contribution is 2.25. The Morgan fingerprint density at radius 1 is 1.19 bits per heavy atom. The molecule has 0 atom stereocenters. The predicted octanol–water partition coefficient (Wildman–Crippen LogP) is 4.72. The maximum Gasteiger partial charge on any atom is 0.234 e. The Labute approximate surface area is 166 Å². The van der Waals surface area contributed by atoms with Crippen LogP contribution in [0.1, 0.15) is 17.0 Å². The molecule has 0 saturated heterocycles. The number of amides is 1. The van der Waals surface area contributed by atoms with Gasteiger partial charge in [-0.15, -0.1) is 10.2 Å². The quantitative estimate of drug-likeness (QED) is 0.625. The van der Waals surface area contributed by atoms with E-state index in [4.69, 9.17) is 11.6 Å². The fourth-order valence-electron chi connectivity index (χ4n) is 2.58. The molecular formula is C19H18ClFN4OS. The normalized spacial score (nSPS) is 10.9. The Bertz CT molecular complexity index is 1010. The van der Waals surface area contributed by atoms with Crippen molar-refractivity contribution in [1.82, 2.24) is 14.8 Å². The SMILES string of the molecule is Cc1ccc(C)c(-n2c(C)nnc2SCC(=O)Nc2ccc(Cl)c(F)c2)c1. The van der Waals surface area contributed by atoms with Crippen LogP contribution < -0.4 is 5.32 Å². The molecule has 1 heterocycles. The fraction of sp³-hybridized carbons (Fsp3) is 0.211. The largest absolute Gasteiger partial charge is 0.325 e. The third kappa shape index (κ3) is 4.48. The van der Waals surface area contributed by atoms with Gasteiger partial charge in [-0.05, 0) is 56.2 Å². The number of carbonyl (C=O) groups excluding carboxylic acids is 1. The Morgan fingerprint density at radius 2 is 1.96 bits per heavy atom. The number of halogens is 2. The summed E-state index contributed by atoms with van der Waals surface area (Å²) in [5, 5.41) is 11.6. The minimum absolute atomic E-state index is 0.0134. The van der Waals surface area contributed by atoms with E-state index in [2.05, 4.69) is 21.6 Å². The lowest BCUT2D eigenvalue weighted by atomic mass is 10.1. The second-order valence-electron chi connectivity index (χ2n) is 6.12. The summed E-state index contributed by atoms with van der Waals surface area (Å²) >= 11 is 6.92. The summed E-state index contributed by atoms with van der Waals surface area (Å²) in [6.07, 6.45) is 0. The summed E-state index contributed by atoms with van der Waals surface area (Å²) in [7, 11) is 0. The fourth-order valence-corrected chi connectivity index (χ4v) is 3.48. The first kappa shape index (κ1) is 19.4. The predicted molar refractivity (Wildman–Crippen MR) is 106 cm³/mol. The third-order valence-corrected chi connectivity index (χ3v) is 5.17. The molecule has 2 aromatic carbocycles. The van der Waals surface area contributed by atoms with Crippen LogP contribution in [0.5, 0.6) is 0 Å². The number of carbonyl (C=O) groups is 1. The smallest absolute Gasteiger partial charge is 0.234 e. The number of thioether (sulfide) groups is 1. The number of aromatic nitrogens is 3. The Hall–Kier alpha value is -2.38. The van der Waals surface area contributed by atoms with Gasteiger partial charge in [0.25, 0.3) is 0 Å². The van der Waals surface area contributed by atoms with Crippen molar-refractivity contribution in [3.8, 4) is 5.69 Å². The first-order valence-electron chi connectivity index (χ1n) is 8.22. The van der Waals surface area contributed by atoms with Crippen molar-refractivity contribution in [2.75, 3.05) is 11.1 Å². The molecule has 5 nitrogen and oxygen atoms in total. The first-order chi connectivity index (χ1) is 12.8. The number of anilines is 1. The lowest BCUT2D eigenvalue weighted by Gasteiger charge is -2.12. The van der Waals surface area contributed by atoms with Crippen molar-refractivity contribution in [3.05, 3.63) is 64.2 Å². The molecule has 1 amide bonds. The Balaban J connectivity index is 1.74. The van der Waals surface area contributed by atoms with Gasteiger partial charge in [0.2, 0.25) is 5.91 Å². The molecule has 0 spiro atoms. The van der Waals surface area contributed by atoms with Crippen LogP contribution in [0.3, 0.4) is 0 Å². The molecule has 0 aliphatic rings. The molecule has 0 saturated carbocycles. The van der Waals surface area contributed by atoms with Crippen LogP contribution >= 0.6 is 23.4 Å². The van der Waals surface area contributed by atoms with E-state index in [1.807, 2.05) is 37.5 Å². The zero-order valence-electron chi connectivity index (χ0n) is 15.1. The molecular weight excluding hydrogens is 387 g/mol. The van der Waals surface area contributed by atoms with Crippen LogP contribution in [0.4, 0.5) is 10.1 Å². The van der Waals surface area contributed by atoms with Gasteiger partial charge in [0.15, 0.2) is 5.16 Å². The van der Waals surface area contributed by atoms with Crippen molar-refractivity contribution < 1.29 is 9.18 Å². The van der Waals surface area contributed by atoms with Gasteiger partial charge in [0.05, 0.1) is 16.5 Å². The van der Waals surface area contributed by atoms with Gasteiger partial charge in [-0.2, -0.15) is 0 Å². The average molecular weight is 405 g/mol. The van der Waals surface area contributed by atoms with Crippen LogP contribution in [0.2, 0.25) is 5.02 Å². The first-order valence-corrected chi connectivity index (χ1v) is 9.59. The van der Waals surface area contributed by atoms with Gasteiger partial charge in [-0.3, -0.25) is 9.36 Å². The van der Waals surface area contributed by atoms with Crippen molar-refractivity contribution in [2.24, 2.45) is 0 Å². The van der Waals surface area contributed by atoms with Crippen LogP contribution in [0.25, 0.3) is 5.69 Å². The second kappa shape index (κ2) is 8.10. The number of rotatable bonds is 5. The molecule has 140 valence electrons. The zero-order chi connectivity index (χ0) is 19.6. The molecule has 1 aromatic heterocycles. The number of hydrogen-bond donors (Lipinski definition) is 1. The number of aryl methyl sites for hydroxylation is 3. The van der Waals surface area contributed by atoms with E-state index in [1.165, 1.54) is 23.9 Å². The molecule has 0 aliphatic heterocycles. The van der Waals surface area contributed by atoms with Crippen LogP contribution in [-0.4, -0.2) is 26.4 Å². The summed E-state index contributed by atoms with van der Waals surface area (Å²) in [6.45, 7) is 5.91. The molecule has 3 aromatic rings. The molecule has 0 radical (unpaired) electrons. The topological polar surface area (TPSA) is 59.8 Å². The third-order valence-electron chi connectivity index (χ3n) is 3.94. The van der Waals surface area contributed by atoms with Gasteiger partial charge in [-0.1, -0.05) is 35.5 Å². The summed E-state index contributed by atoms with van der Waals surface area (Å²) in [6, 6.07) is 10.3. The number of benzene rings is 2. The Morgan fingerprint density at radius 3 is 2.70 bits per heavy atom. The van der Waals surface area contributed by atoms with Crippen molar-refractivity contribution >= 4 is 35.0 Å². The standard InChI is InChI=1S/C19H18ClFN4OS/c1-11-4-5-12(2)17(8-11)25-13(3)23-24-19(25)27-10-18(26)22-14-6-7-15(20)16(21)9-14/h4-9H,10H2,1-3H3,(H,22,26). The molecule has 8 heteroatoms. The second-order valence-corrected chi connectivity index (χ2v) is 7.47. The maximum atomic E-state index is 13.5. The van der Waals surface area contributed by atoms with E-state index in [0.29, 0.717) is 10.8 Å². The van der Waals surface area contributed by atoms with Gasteiger partial charge in [-0.25, -0.2) is 4.39 Å². The Kier molecular flexibility index (Phi) is 5.82. The van der Waals surface area contributed by atoms with Crippen molar-refractivity contribution in [2.45, 2.75) is 25.9 Å². The van der Waals surface area contributed by atoms with Gasteiger partial charge in [0.1, 0.15) is 11.6 Å². The van der Waals surface area contributed by atoms with E-state index in [-0.39, 0.29) is 16.7 Å². The highest BCUT2D eigenvalue weighted by molar-refractivity contribution is 7.99. The van der Waals surface area contributed by atoms with Gasteiger partial charge in [0, 0.05) is 5.69 Å². The lowest BCUT2D eigenvalue weighted by molar-refractivity contribution is -0.113. The van der Waals surface area contributed by atoms with Crippen molar-refractivity contribution in [3.63, 3.8) is 0 Å². The molecule has 3 rings (SSSR count). The van der Waals surface area contributed by atoms with E-state index in [9.17, 15) is 9.18 Å². The van der Waals surface area contributed by atoms with Crippen LogP contribution in [0.15, 0.2) is 41.6 Å². The van der Waals surface area contributed by atoms with Crippen molar-refractivity contribution in [1.29, 1.82) is 0 Å². The molecule has 0 fully saturated rings. The molecule has 0 unspecified atom stereocenters. The van der Waals surface area contributed by atoms with Gasteiger partial charge >= 0.3 is 0 Å². The molecule has 27 heavy (non-hydrogen) atoms. The number of nitrogens with zero attached hydrogens (tertiary/aromatic N) is 3. The summed E-state index contributed by atoms with van der Waals surface area (Å²) in [5.74, 6) is 0.0152. The molecule has 1 N–H and O–H groups in total. The summed E-state index contributed by atoms with van der Waals surface area (Å²) in [5.41, 5.74) is 3.56. The molecule has 0 aliphatic carbocycles. The number of hydrogen-bond acceptors (Lipinski definition) is 4. The van der Waals surface area contributed by atoms with E-state index < -0.39 is 5.82 Å². The summed E-state index contributed by atoms with van der Waals surface area (Å²) in [4.78, 5) is 12.2. The average Bonchev–Trinajstić information content (AvgIpc) is 2.99. The number of nitrogens with one attached hydrogen (secondary N) is 1. The van der Waals surface area contributed by atoms with Crippen LogP contribution in [0, 0.1) is 26.6 Å². The van der Waals surface area contributed by atoms with E-state index in [1.54, 1.807) is 6.07 Å². The lowest BCUT2D eigenvalue weighted by Crippen LogP contribution is -2.14.